The lowest BCUT2D eigenvalue weighted by molar-refractivity contribution is 0.0697. The van der Waals surface area contributed by atoms with E-state index in [1.165, 1.54) is 18.3 Å². The van der Waals surface area contributed by atoms with Gasteiger partial charge in [0.1, 0.15) is 6.07 Å². The summed E-state index contributed by atoms with van der Waals surface area (Å²) in [5.41, 5.74) is 2.76. The second-order valence-electron chi connectivity index (χ2n) is 4.47. The van der Waals surface area contributed by atoms with Gasteiger partial charge in [-0.05, 0) is 24.3 Å². The highest BCUT2D eigenvalue weighted by atomic mass is 16.4. The summed E-state index contributed by atoms with van der Waals surface area (Å²) < 4.78 is 0. The molecule has 0 amide bonds. The standard InChI is InChI=1S/C15H13N3O2/c1-18(2)14-4-3-10(7-12(14)9-16)13-8-11(15(19)20)5-6-17-13/h3-8H,1-2H3,(H,19,20). The monoisotopic (exact) mass is 267 g/mol. The summed E-state index contributed by atoms with van der Waals surface area (Å²) in [6.07, 6.45) is 1.45. The predicted octanol–water partition coefficient (Wildman–Crippen LogP) is 2.38. The van der Waals surface area contributed by atoms with E-state index in [1.54, 1.807) is 6.07 Å². The molecule has 0 saturated heterocycles. The number of pyridine rings is 1. The number of nitriles is 1. The van der Waals surface area contributed by atoms with Crippen molar-refractivity contribution in [3.8, 4) is 17.3 Å². The molecule has 0 saturated carbocycles. The van der Waals surface area contributed by atoms with Gasteiger partial charge in [0.05, 0.1) is 22.5 Å². The molecule has 1 aromatic carbocycles. The van der Waals surface area contributed by atoms with Crippen LogP contribution in [-0.4, -0.2) is 30.2 Å². The SMILES string of the molecule is CN(C)c1ccc(-c2cc(C(=O)O)ccn2)cc1C#N. The number of benzene rings is 1. The predicted molar refractivity (Wildman–Crippen MR) is 75.7 cm³/mol. The first-order valence-corrected chi connectivity index (χ1v) is 5.94. The lowest BCUT2D eigenvalue weighted by atomic mass is 10.0. The van der Waals surface area contributed by atoms with Crippen LogP contribution in [0.3, 0.4) is 0 Å². The van der Waals surface area contributed by atoms with Crippen LogP contribution in [-0.2, 0) is 0 Å². The van der Waals surface area contributed by atoms with Gasteiger partial charge in [0, 0.05) is 25.9 Å². The van der Waals surface area contributed by atoms with Crippen LogP contribution in [0.5, 0.6) is 0 Å². The smallest absolute Gasteiger partial charge is 0.335 e. The van der Waals surface area contributed by atoms with Gasteiger partial charge in [-0.3, -0.25) is 4.98 Å². The molecule has 5 heteroatoms. The number of rotatable bonds is 3. The molecular weight excluding hydrogens is 254 g/mol. The summed E-state index contributed by atoms with van der Waals surface area (Å²) >= 11 is 0. The number of nitrogens with zero attached hydrogens (tertiary/aromatic N) is 3. The molecule has 0 bridgehead atoms. The number of aromatic nitrogens is 1. The Bertz CT molecular complexity index is 703. The van der Waals surface area contributed by atoms with Crippen molar-refractivity contribution in [2.24, 2.45) is 0 Å². The quantitative estimate of drug-likeness (QED) is 0.923. The summed E-state index contributed by atoms with van der Waals surface area (Å²) in [7, 11) is 3.72. The van der Waals surface area contributed by atoms with E-state index in [1.807, 2.05) is 31.1 Å². The molecule has 1 heterocycles. The molecule has 2 rings (SSSR count). The molecule has 100 valence electrons. The maximum Gasteiger partial charge on any atom is 0.335 e. The van der Waals surface area contributed by atoms with Crippen LogP contribution >= 0.6 is 0 Å². The van der Waals surface area contributed by atoms with Gasteiger partial charge in [-0.15, -0.1) is 0 Å². The first-order chi connectivity index (χ1) is 9.52. The van der Waals surface area contributed by atoms with Crippen molar-refractivity contribution in [2.45, 2.75) is 0 Å². The fraction of sp³-hybridized carbons (Fsp3) is 0.133. The Kier molecular flexibility index (Phi) is 3.67. The van der Waals surface area contributed by atoms with Gasteiger partial charge in [0.15, 0.2) is 0 Å². The molecule has 2 aromatic rings. The molecule has 0 radical (unpaired) electrons. The molecule has 5 nitrogen and oxygen atoms in total. The highest BCUT2D eigenvalue weighted by Gasteiger charge is 2.09. The molecule has 0 fully saturated rings. The fourth-order valence-electron chi connectivity index (χ4n) is 1.90. The van der Waals surface area contributed by atoms with Crippen LogP contribution in [0, 0.1) is 11.3 Å². The zero-order valence-electron chi connectivity index (χ0n) is 11.2. The third-order valence-electron chi connectivity index (χ3n) is 2.90. The van der Waals surface area contributed by atoms with Gasteiger partial charge < -0.3 is 10.0 Å². The molecule has 0 aliphatic rings. The molecule has 0 aliphatic heterocycles. The highest BCUT2D eigenvalue weighted by molar-refractivity contribution is 5.89. The van der Waals surface area contributed by atoms with E-state index in [0.717, 1.165) is 11.3 Å². The highest BCUT2D eigenvalue weighted by Crippen LogP contribution is 2.25. The van der Waals surface area contributed by atoms with Gasteiger partial charge in [-0.1, -0.05) is 6.07 Å². The van der Waals surface area contributed by atoms with E-state index in [4.69, 9.17) is 5.11 Å². The van der Waals surface area contributed by atoms with Crippen LogP contribution in [0.4, 0.5) is 5.69 Å². The van der Waals surface area contributed by atoms with E-state index in [2.05, 4.69) is 11.1 Å². The Balaban J connectivity index is 2.51. The second kappa shape index (κ2) is 5.41. The maximum atomic E-state index is 11.0. The number of anilines is 1. The Hall–Kier alpha value is -2.87. The van der Waals surface area contributed by atoms with Crippen molar-refractivity contribution < 1.29 is 9.90 Å². The lowest BCUT2D eigenvalue weighted by Gasteiger charge is -2.15. The number of carbonyl (C=O) groups is 1. The molecular formula is C15H13N3O2. The van der Waals surface area contributed by atoms with Crippen molar-refractivity contribution >= 4 is 11.7 Å². The van der Waals surface area contributed by atoms with E-state index in [9.17, 15) is 10.1 Å². The third kappa shape index (κ3) is 2.59. The van der Waals surface area contributed by atoms with Crippen molar-refractivity contribution in [3.63, 3.8) is 0 Å². The maximum absolute atomic E-state index is 11.0. The summed E-state index contributed by atoms with van der Waals surface area (Å²) in [6, 6.07) is 10.4. The lowest BCUT2D eigenvalue weighted by Crippen LogP contribution is -2.10. The van der Waals surface area contributed by atoms with E-state index in [0.29, 0.717) is 11.3 Å². The molecule has 0 aliphatic carbocycles. The van der Waals surface area contributed by atoms with Crippen LogP contribution in [0.1, 0.15) is 15.9 Å². The molecule has 20 heavy (non-hydrogen) atoms. The zero-order valence-corrected chi connectivity index (χ0v) is 11.2. The molecule has 1 N–H and O–H groups in total. The summed E-state index contributed by atoms with van der Waals surface area (Å²) in [6.45, 7) is 0. The average molecular weight is 267 g/mol. The molecule has 0 atom stereocenters. The van der Waals surface area contributed by atoms with Gasteiger partial charge in [-0.25, -0.2) is 4.79 Å². The fourth-order valence-corrected chi connectivity index (χ4v) is 1.90. The van der Waals surface area contributed by atoms with Gasteiger partial charge >= 0.3 is 5.97 Å². The third-order valence-corrected chi connectivity index (χ3v) is 2.90. The Morgan fingerprint density at radius 3 is 2.65 bits per heavy atom. The van der Waals surface area contributed by atoms with E-state index >= 15 is 0 Å². The van der Waals surface area contributed by atoms with Crippen molar-refractivity contribution in [1.82, 2.24) is 4.98 Å². The van der Waals surface area contributed by atoms with E-state index < -0.39 is 5.97 Å². The van der Waals surface area contributed by atoms with Crippen LogP contribution in [0.15, 0.2) is 36.5 Å². The van der Waals surface area contributed by atoms with Gasteiger partial charge in [0.2, 0.25) is 0 Å². The minimum Gasteiger partial charge on any atom is -0.478 e. The minimum absolute atomic E-state index is 0.171. The first-order valence-electron chi connectivity index (χ1n) is 5.94. The van der Waals surface area contributed by atoms with Gasteiger partial charge in [0.25, 0.3) is 0 Å². The second-order valence-corrected chi connectivity index (χ2v) is 4.47. The van der Waals surface area contributed by atoms with Crippen molar-refractivity contribution in [3.05, 3.63) is 47.7 Å². The van der Waals surface area contributed by atoms with E-state index in [-0.39, 0.29) is 5.56 Å². The molecule has 0 spiro atoms. The topological polar surface area (TPSA) is 77.2 Å². The van der Waals surface area contributed by atoms with Crippen molar-refractivity contribution in [1.29, 1.82) is 5.26 Å². The number of carboxylic acids is 1. The summed E-state index contributed by atoms with van der Waals surface area (Å²) in [5.74, 6) is -1.00. The zero-order chi connectivity index (χ0) is 14.7. The summed E-state index contributed by atoms with van der Waals surface area (Å²) in [5, 5.41) is 18.2. The minimum atomic E-state index is -1.00. The number of carboxylic acid groups (broad SMARTS) is 1. The number of hydrogen-bond acceptors (Lipinski definition) is 4. The van der Waals surface area contributed by atoms with Crippen LogP contribution < -0.4 is 4.90 Å². The average Bonchev–Trinajstić information content (AvgIpc) is 2.46. The van der Waals surface area contributed by atoms with Crippen LogP contribution in [0.25, 0.3) is 11.3 Å². The Morgan fingerprint density at radius 1 is 1.30 bits per heavy atom. The van der Waals surface area contributed by atoms with Crippen molar-refractivity contribution in [2.75, 3.05) is 19.0 Å². The molecule has 0 unspecified atom stereocenters. The normalized spacial score (nSPS) is 9.85. The Labute approximate surface area is 116 Å². The van der Waals surface area contributed by atoms with Crippen LogP contribution in [0.2, 0.25) is 0 Å². The molecule has 1 aromatic heterocycles. The first kappa shape index (κ1) is 13.6. The largest absolute Gasteiger partial charge is 0.478 e. The Morgan fingerprint density at radius 2 is 2.05 bits per heavy atom. The summed E-state index contributed by atoms with van der Waals surface area (Å²) in [4.78, 5) is 17.0. The number of aromatic carboxylic acids is 1. The number of hydrogen-bond donors (Lipinski definition) is 1. The van der Waals surface area contributed by atoms with Gasteiger partial charge in [-0.2, -0.15) is 5.26 Å².